The van der Waals surface area contributed by atoms with Crippen LogP contribution in [0.3, 0.4) is 0 Å². The standard InChI is InChI=1S/C46H25N3O/c1-2-9-26(10-3-1)28-14-6-15-31(23-28)45-46(48-35-25-30-12-5-4-11-29(30)24-34(35)47-45)49-36-20-19-27-13-7-16-32-33-17-8-18-38-41(33)44-39(50-38)22-21-37(49)43(44)42(36)40(27)32/h1-25H. The van der Waals surface area contributed by atoms with Crippen LogP contribution in [0.15, 0.2) is 156 Å². The summed E-state index contributed by atoms with van der Waals surface area (Å²) in [5, 5.41) is 9.52. The van der Waals surface area contributed by atoms with Gasteiger partial charge < -0.3 is 4.42 Å². The zero-order valence-electron chi connectivity index (χ0n) is 26.7. The molecule has 1 aliphatic rings. The Kier molecular flexibility index (Phi) is 4.94. The van der Waals surface area contributed by atoms with Crippen molar-refractivity contribution in [2.45, 2.75) is 0 Å². The SMILES string of the molecule is c1ccc(-c2cccc(-c3nc4cc5ccccc5cc4nc3-n3c4ccc5cccc6c5c4c4c5c(ccc43)oc3cccc-6c35)c2)cc1. The second kappa shape index (κ2) is 9.43. The van der Waals surface area contributed by atoms with E-state index in [-0.39, 0.29) is 0 Å². The molecule has 0 saturated heterocycles. The van der Waals surface area contributed by atoms with Gasteiger partial charge in [0.05, 0.1) is 22.1 Å². The van der Waals surface area contributed by atoms with Crippen molar-refractivity contribution in [1.82, 2.24) is 14.5 Å². The van der Waals surface area contributed by atoms with Gasteiger partial charge in [-0.15, -0.1) is 0 Å². The highest BCUT2D eigenvalue weighted by molar-refractivity contribution is 6.38. The van der Waals surface area contributed by atoms with Crippen molar-refractivity contribution in [2.24, 2.45) is 0 Å². The molecule has 12 rings (SSSR count). The minimum Gasteiger partial charge on any atom is -0.456 e. The van der Waals surface area contributed by atoms with Crippen LogP contribution in [0, 0.1) is 0 Å². The van der Waals surface area contributed by atoms with Crippen molar-refractivity contribution < 1.29 is 4.42 Å². The summed E-state index contributed by atoms with van der Waals surface area (Å²) < 4.78 is 8.89. The van der Waals surface area contributed by atoms with Crippen LogP contribution in [-0.2, 0) is 0 Å². The highest BCUT2D eigenvalue weighted by Gasteiger charge is 2.28. The van der Waals surface area contributed by atoms with E-state index in [9.17, 15) is 0 Å². The Balaban J connectivity index is 1.27. The van der Waals surface area contributed by atoms with E-state index in [1.807, 2.05) is 0 Å². The zero-order chi connectivity index (χ0) is 32.5. The molecule has 0 radical (unpaired) electrons. The van der Waals surface area contributed by atoms with Gasteiger partial charge in [-0.05, 0) is 86.3 Å². The lowest BCUT2D eigenvalue weighted by Gasteiger charge is -2.15. The van der Waals surface area contributed by atoms with Crippen LogP contribution < -0.4 is 0 Å². The van der Waals surface area contributed by atoms with Gasteiger partial charge in [0, 0.05) is 27.1 Å². The first-order chi connectivity index (χ1) is 24.8. The van der Waals surface area contributed by atoms with E-state index in [0.29, 0.717) is 0 Å². The molecule has 3 heterocycles. The van der Waals surface area contributed by atoms with Gasteiger partial charge in [-0.25, -0.2) is 9.97 Å². The third kappa shape index (κ3) is 3.39. The first-order valence-electron chi connectivity index (χ1n) is 17.0. The number of nitrogens with zero attached hydrogens (tertiary/aromatic N) is 3. The predicted molar refractivity (Wildman–Crippen MR) is 206 cm³/mol. The highest BCUT2D eigenvalue weighted by atomic mass is 16.3. The van der Waals surface area contributed by atoms with Gasteiger partial charge in [0.2, 0.25) is 0 Å². The van der Waals surface area contributed by atoms with Crippen LogP contribution in [-0.4, -0.2) is 14.5 Å². The van der Waals surface area contributed by atoms with Crippen LogP contribution in [0.5, 0.6) is 0 Å². The van der Waals surface area contributed by atoms with E-state index < -0.39 is 0 Å². The third-order valence-electron chi connectivity index (χ3n) is 10.7. The second-order valence-electron chi connectivity index (χ2n) is 13.3. The van der Waals surface area contributed by atoms with E-state index in [2.05, 4.69) is 156 Å². The lowest BCUT2D eigenvalue weighted by molar-refractivity contribution is 0.669. The first-order valence-corrected chi connectivity index (χ1v) is 17.0. The molecular formula is C46H25N3O. The maximum absolute atomic E-state index is 6.54. The van der Waals surface area contributed by atoms with E-state index in [1.165, 1.54) is 43.6 Å². The van der Waals surface area contributed by atoms with Crippen molar-refractivity contribution in [2.75, 3.05) is 0 Å². The fraction of sp³-hybridized carbons (Fsp3) is 0. The van der Waals surface area contributed by atoms with Gasteiger partial charge in [-0.1, -0.05) is 109 Å². The van der Waals surface area contributed by atoms with Crippen molar-refractivity contribution in [3.05, 3.63) is 152 Å². The molecule has 0 atom stereocenters. The summed E-state index contributed by atoms with van der Waals surface area (Å²) in [6, 6.07) is 53.9. The van der Waals surface area contributed by atoms with Crippen LogP contribution in [0.25, 0.3) is 116 Å². The largest absolute Gasteiger partial charge is 0.456 e. The van der Waals surface area contributed by atoms with Crippen LogP contribution in [0.2, 0.25) is 0 Å². The maximum atomic E-state index is 6.54. The lowest BCUT2D eigenvalue weighted by Crippen LogP contribution is -2.04. The van der Waals surface area contributed by atoms with Crippen LogP contribution in [0.4, 0.5) is 0 Å². The number of furan rings is 1. The van der Waals surface area contributed by atoms with E-state index in [0.717, 1.165) is 72.0 Å². The Morgan fingerprint density at radius 3 is 1.86 bits per heavy atom. The fourth-order valence-electron chi connectivity index (χ4n) is 8.51. The van der Waals surface area contributed by atoms with Gasteiger partial charge in [0.25, 0.3) is 0 Å². The Bertz CT molecular complexity index is 3260. The van der Waals surface area contributed by atoms with Gasteiger partial charge in [-0.2, -0.15) is 0 Å². The smallest absolute Gasteiger partial charge is 0.165 e. The Labute approximate surface area is 285 Å². The summed E-state index contributed by atoms with van der Waals surface area (Å²) in [6.07, 6.45) is 0. The number of hydrogen-bond acceptors (Lipinski definition) is 3. The molecule has 4 nitrogen and oxygen atoms in total. The molecule has 0 saturated carbocycles. The topological polar surface area (TPSA) is 43.9 Å². The molecule has 230 valence electrons. The van der Waals surface area contributed by atoms with Crippen molar-refractivity contribution in [1.29, 1.82) is 0 Å². The molecule has 0 spiro atoms. The van der Waals surface area contributed by atoms with Crippen LogP contribution >= 0.6 is 0 Å². The first kappa shape index (κ1) is 26.2. The summed E-state index contributed by atoms with van der Waals surface area (Å²) in [4.78, 5) is 11.0. The number of benzene rings is 8. The normalized spacial score (nSPS) is 12.4. The van der Waals surface area contributed by atoms with E-state index >= 15 is 0 Å². The fourth-order valence-corrected chi connectivity index (χ4v) is 8.51. The summed E-state index contributed by atoms with van der Waals surface area (Å²) in [5.41, 5.74) is 12.3. The molecule has 0 fully saturated rings. The van der Waals surface area contributed by atoms with Gasteiger partial charge in [0.1, 0.15) is 16.9 Å². The highest BCUT2D eigenvalue weighted by Crippen LogP contribution is 2.51. The minimum absolute atomic E-state index is 0.808. The summed E-state index contributed by atoms with van der Waals surface area (Å²) in [5.74, 6) is 0.808. The van der Waals surface area contributed by atoms with E-state index in [1.54, 1.807) is 0 Å². The van der Waals surface area contributed by atoms with Crippen molar-refractivity contribution in [3.8, 4) is 39.3 Å². The molecule has 3 aromatic heterocycles. The quantitative estimate of drug-likeness (QED) is 0.181. The molecule has 50 heavy (non-hydrogen) atoms. The molecule has 0 bridgehead atoms. The summed E-state index contributed by atoms with van der Waals surface area (Å²) in [7, 11) is 0. The zero-order valence-corrected chi connectivity index (χ0v) is 26.7. The minimum atomic E-state index is 0.808. The molecule has 8 aromatic carbocycles. The molecular weight excluding hydrogens is 611 g/mol. The molecule has 0 aliphatic heterocycles. The Hall–Kier alpha value is -6.78. The molecule has 4 heteroatoms. The second-order valence-corrected chi connectivity index (χ2v) is 13.3. The van der Waals surface area contributed by atoms with E-state index in [4.69, 9.17) is 14.4 Å². The number of fused-ring (bicyclic) bond motifs is 3. The monoisotopic (exact) mass is 635 g/mol. The number of hydrogen-bond donors (Lipinski definition) is 0. The average Bonchev–Trinajstić information content (AvgIpc) is 3.68. The third-order valence-corrected chi connectivity index (χ3v) is 10.7. The predicted octanol–water partition coefficient (Wildman–Crippen LogP) is 12.2. The van der Waals surface area contributed by atoms with Gasteiger partial charge in [-0.3, -0.25) is 4.57 Å². The molecule has 0 N–H and O–H groups in total. The van der Waals surface area contributed by atoms with Crippen LogP contribution in [0.1, 0.15) is 0 Å². The number of aromatic nitrogens is 3. The van der Waals surface area contributed by atoms with Crippen molar-refractivity contribution >= 4 is 76.3 Å². The lowest BCUT2D eigenvalue weighted by atomic mass is 9.95. The molecule has 1 aliphatic carbocycles. The molecule has 11 aromatic rings. The summed E-state index contributed by atoms with van der Waals surface area (Å²) >= 11 is 0. The maximum Gasteiger partial charge on any atom is 0.165 e. The van der Waals surface area contributed by atoms with Crippen molar-refractivity contribution in [3.63, 3.8) is 0 Å². The van der Waals surface area contributed by atoms with Gasteiger partial charge >= 0.3 is 0 Å². The Morgan fingerprint density at radius 2 is 1.02 bits per heavy atom. The molecule has 0 amide bonds. The average molecular weight is 636 g/mol. The number of rotatable bonds is 3. The Morgan fingerprint density at radius 1 is 0.400 bits per heavy atom. The molecule has 0 unspecified atom stereocenters. The van der Waals surface area contributed by atoms with Gasteiger partial charge in [0.15, 0.2) is 5.82 Å². The summed E-state index contributed by atoms with van der Waals surface area (Å²) in [6.45, 7) is 0.